The average Bonchev–Trinajstić information content (AvgIpc) is 0.722. The molecule has 0 heterocycles. The first-order chi connectivity index (χ1) is 2.00. The van der Waals surface area contributed by atoms with Crippen LogP contribution in [0.15, 0.2) is 0 Å². The van der Waals surface area contributed by atoms with Crippen LogP contribution in [0.5, 0.6) is 0 Å². The summed E-state index contributed by atoms with van der Waals surface area (Å²) in [6, 6.07) is 0. The predicted molar refractivity (Wildman–Crippen MR) is 148 cm³/mol. The van der Waals surface area contributed by atoms with Gasteiger partial charge in [0, 0.05) is 253 Å². The van der Waals surface area contributed by atoms with Crippen molar-refractivity contribution in [2.45, 2.75) is 0 Å². The van der Waals surface area contributed by atoms with Gasteiger partial charge in [-0.25, -0.2) is 4.57 Å². The molecule has 0 fully saturated rings. The van der Waals surface area contributed by atoms with Gasteiger partial charge in [0.25, 0.3) is 0 Å². The molecule has 0 atom stereocenters. The van der Waals surface area contributed by atoms with E-state index < -0.39 is 7.82 Å². The molecule has 0 radical (unpaired) electrons. The van der Waals surface area contributed by atoms with E-state index in [2.05, 4.69) is 0 Å². The second-order valence-electron chi connectivity index (χ2n) is 0.513. The van der Waals surface area contributed by atoms with Gasteiger partial charge in [-0.15, -0.1) is 0 Å². The zero-order valence-electron chi connectivity index (χ0n) is 25.6. The van der Waals surface area contributed by atoms with Gasteiger partial charge < -0.3 is 217 Å². The molecule has 0 aromatic carbocycles. The molecule has 41 nitrogen and oxygen atoms in total. The van der Waals surface area contributed by atoms with Crippen LogP contribution in [-0.4, -0.2) is 217 Å². The molecule has 0 amide bonds. The molecule has 0 aliphatic carbocycles. The van der Waals surface area contributed by atoms with E-state index in [1.807, 2.05) is 0 Å². The first-order valence-electron chi connectivity index (χ1n) is 0.783. The van der Waals surface area contributed by atoms with Crippen LogP contribution < -0.4 is 0 Å². The molecule has 54 heavy (non-hydrogen) atoms. The zero-order chi connectivity index (χ0) is 4.50. The summed E-state index contributed by atoms with van der Waals surface area (Å²) in [6.07, 6.45) is 0. The maximum atomic E-state index is 8.88. The largest absolute Gasteiger partial charge is 0.466 e. The van der Waals surface area contributed by atoms with Crippen molar-refractivity contribution in [1.29, 1.82) is 0 Å². The Morgan fingerprint density at radius 3 is 0.148 bits per heavy atom. The second kappa shape index (κ2) is 1250. The molecule has 0 unspecified atom stereocenters. The van der Waals surface area contributed by atoms with Crippen LogP contribution in [0, 0.1) is 0 Å². The molecular weight excluding hydrogens is 2890 g/mol. The van der Waals surface area contributed by atoms with Crippen molar-refractivity contribution in [3.05, 3.63) is 0 Å². The number of phosphoric acid groups is 1. The van der Waals surface area contributed by atoms with Crippen LogP contribution in [0.2, 0.25) is 0 Å². The Morgan fingerprint density at radius 2 is 0.148 bits per heavy atom. The summed E-state index contributed by atoms with van der Waals surface area (Å²) < 4.78 is 8.88. The van der Waals surface area contributed by atoms with Crippen LogP contribution in [0.1, 0.15) is 0 Å². The quantitative estimate of drug-likeness (QED) is 0.199. The van der Waals surface area contributed by atoms with Crippen molar-refractivity contribution >= 4 is 7.82 Å². The fourth-order valence-corrected chi connectivity index (χ4v) is 0. The van der Waals surface area contributed by atoms with E-state index in [9.17, 15) is 0 Å². The molecule has 0 rings (SSSR count). The Bertz CT molecular complexity index is 94.3. The Hall–Kier alpha value is 6.89. The summed E-state index contributed by atoms with van der Waals surface area (Å²) in [7, 11) is -4.64. The minimum Gasteiger partial charge on any atom is -0.412 e. The first-order valence-corrected chi connectivity index (χ1v) is 2.35. The van der Waals surface area contributed by atoms with Crippen LogP contribution >= 0.6 is 7.82 Å². The van der Waals surface area contributed by atoms with E-state index in [1.165, 1.54) is 0 Å². The summed E-state index contributed by atoms with van der Waals surface area (Å²) in [4.78, 5) is 21.6. The van der Waals surface area contributed by atoms with Gasteiger partial charge in [-0.05, 0) is 0 Å². The van der Waals surface area contributed by atoms with Gasteiger partial charge in [-0.2, -0.15) is 0 Å². The molecule has 0 saturated carbocycles. The zero-order valence-corrected chi connectivity index (χ0v) is 61.7. The van der Waals surface area contributed by atoms with Gasteiger partial charge in [0.1, 0.15) is 0 Å². The predicted octanol–water partition coefficient (Wildman–Crippen LogP) is -31.5. The fourth-order valence-electron chi connectivity index (χ4n) is 0. The maximum absolute atomic E-state index is 8.88. The Labute approximate surface area is 476 Å². The average molecular weight is 2970 g/mol. The Kier molecular flexibility index (Phi) is 42600. The van der Waals surface area contributed by atoms with Crippen molar-refractivity contribution in [2.75, 3.05) is 0 Å². The minimum atomic E-state index is -4.64. The Balaban J connectivity index is -0.0000000000680. The molecule has 0 aliphatic rings. The summed E-state index contributed by atoms with van der Waals surface area (Å²) in [6.45, 7) is 0. The van der Waals surface area contributed by atoms with Crippen LogP contribution in [0.3, 0.4) is 0 Å². The van der Waals surface area contributed by atoms with Gasteiger partial charge >= 0.3 is 7.82 Å². The summed E-state index contributed by atoms with van der Waals surface area (Å²) >= 11 is 0. The van der Waals surface area contributed by atoms with Crippen LogP contribution in [-0.2, 0) is 257 Å². The second-order valence-corrected chi connectivity index (χ2v) is 1.54. The van der Waals surface area contributed by atoms with E-state index in [4.69, 9.17) is 19.2 Å². The summed E-state index contributed by atoms with van der Waals surface area (Å²) in [5.41, 5.74) is 0. The molecule has 54 heteroatoms. The number of rotatable bonds is 0. The van der Waals surface area contributed by atoms with E-state index in [0.717, 1.165) is 0 Å². The third-order valence-electron chi connectivity index (χ3n) is 0. The standard InChI is InChI=1S/H3O4P.37H2O.12W/c1-5(2,3)4;;;;;;;;;;;;;;;;;;;;;;;;;;;;;;;;;;;;;;;;;;;;;;;;;/h(H3,1,2,3,4);37*1H2;;;;;;;;;;;;. The molecule has 0 bridgehead atoms. The number of hydrogen-bond donors (Lipinski definition) is 3. The molecule has 77 N–H and O–H groups in total. The smallest absolute Gasteiger partial charge is 0.412 e. The maximum Gasteiger partial charge on any atom is 0.466 e. The van der Waals surface area contributed by atoms with E-state index in [1.54, 1.807) is 0 Å². The molecular formula is H77O41PW12. The monoisotopic (exact) mass is 2970 g/mol. The molecule has 0 aromatic rings. The van der Waals surface area contributed by atoms with Gasteiger partial charge in [0.2, 0.25) is 0 Å². The molecule has 0 aromatic heterocycles. The van der Waals surface area contributed by atoms with E-state index >= 15 is 0 Å². The van der Waals surface area contributed by atoms with Gasteiger partial charge in [-0.3, -0.25) is 0 Å². The van der Waals surface area contributed by atoms with Crippen molar-refractivity contribution in [3.8, 4) is 0 Å². The van der Waals surface area contributed by atoms with Crippen molar-refractivity contribution in [3.63, 3.8) is 0 Å². The van der Waals surface area contributed by atoms with Crippen molar-refractivity contribution < 1.29 is 475 Å². The Morgan fingerprint density at radius 1 is 0.148 bits per heavy atom. The molecule has 0 spiro atoms. The van der Waals surface area contributed by atoms with Crippen molar-refractivity contribution in [1.82, 2.24) is 0 Å². The van der Waals surface area contributed by atoms with E-state index in [-0.39, 0.29) is 455 Å². The summed E-state index contributed by atoms with van der Waals surface area (Å²) in [5.74, 6) is 0. The van der Waals surface area contributed by atoms with Gasteiger partial charge in [-0.1, -0.05) is 0 Å². The third kappa shape index (κ3) is 4160. The van der Waals surface area contributed by atoms with Crippen LogP contribution in [0.4, 0.5) is 0 Å². The molecule has 0 aliphatic heterocycles. The van der Waals surface area contributed by atoms with E-state index in [0.29, 0.717) is 0 Å². The topological polar surface area (TPSA) is 1240 Å². The summed E-state index contributed by atoms with van der Waals surface area (Å²) in [5, 5.41) is 0. The normalized spacial score (nSPS) is 1.09. The number of hydrogen-bond acceptors (Lipinski definition) is 1. The molecule has 400 valence electrons. The minimum absolute atomic E-state index is 0. The van der Waals surface area contributed by atoms with Gasteiger partial charge in [0.15, 0.2) is 0 Å². The SMILES string of the molecule is O.O.O.O.O.O.O.O.O.O.O.O.O.O.O.O.O.O.O.O.O.O.O.O.O.O.O.O.O.O.O.O.O.O.O.O.O.O=P(O)(O)O.[W].[W].[W].[W].[W].[W].[W].[W].[W].[W].[W].[W]. The van der Waals surface area contributed by atoms with Gasteiger partial charge in [0.05, 0.1) is 0 Å². The fraction of sp³-hybridized carbons (Fsp3) is 0. The van der Waals surface area contributed by atoms with Crippen molar-refractivity contribution in [2.24, 2.45) is 0 Å². The first kappa shape index (κ1) is 1840. The molecule has 0 saturated heterocycles. The third-order valence-corrected chi connectivity index (χ3v) is 0. The van der Waals surface area contributed by atoms with Crippen LogP contribution in [0.25, 0.3) is 0 Å².